The summed E-state index contributed by atoms with van der Waals surface area (Å²) in [5.41, 5.74) is -2.01. The second-order valence-corrected chi connectivity index (χ2v) is 7.56. The lowest BCUT2D eigenvalue weighted by Crippen LogP contribution is -2.26. The fourth-order valence-corrected chi connectivity index (χ4v) is 3.30. The Morgan fingerprint density at radius 2 is 1.03 bits per heavy atom. The molecular weight excluding hydrogens is 434 g/mol. The molecule has 0 spiro atoms. The summed E-state index contributed by atoms with van der Waals surface area (Å²) in [6.45, 7) is 2.11. The van der Waals surface area contributed by atoms with E-state index in [1.807, 2.05) is 0 Å². The molecule has 0 N–H and O–H groups in total. The SMILES string of the molecule is CCCCCCCCCC(Oc1ccccc1C(F)(F)F)Oc1ccccc1C(F)(F)F. The van der Waals surface area contributed by atoms with E-state index in [0.717, 1.165) is 62.8 Å². The van der Waals surface area contributed by atoms with Crippen LogP contribution in [0.25, 0.3) is 0 Å². The van der Waals surface area contributed by atoms with Gasteiger partial charge in [0.25, 0.3) is 0 Å². The van der Waals surface area contributed by atoms with Gasteiger partial charge in [0, 0.05) is 6.42 Å². The summed E-state index contributed by atoms with van der Waals surface area (Å²) in [4.78, 5) is 0. The van der Waals surface area contributed by atoms with E-state index in [1.54, 1.807) is 0 Å². The van der Waals surface area contributed by atoms with Gasteiger partial charge >= 0.3 is 12.4 Å². The van der Waals surface area contributed by atoms with Crippen molar-refractivity contribution in [3.05, 3.63) is 59.7 Å². The lowest BCUT2D eigenvalue weighted by Gasteiger charge is -2.24. The van der Waals surface area contributed by atoms with Crippen molar-refractivity contribution in [2.24, 2.45) is 0 Å². The van der Waals surface area contributed by atoms with Gasteiger partial charge in [-0.2, -0.15) is 26.3 Å². The molecule has 0 unspecified atom stereocenters. The van der Waals surface area contributed by atoms with E-state index in [4.69, 9.17) is 9.47 Å². The Hall–Kier alpha value is -2.38. The first-order valence-corrected chi connectivity index (χ1v) is 10.8. The fourth-order valence-electron chi connectivity index (χ4n) is 3.30. The van der Waals surface area contributed by atoms with Crippen molar-refractivity contribution in [1.29, 1.82) is 0 Å². The Balaban J connectivity index is 2.16. The zero-order chi connectivity index (χ0) is 23.6. The van der Waals surface area contributed by atoms with Crippen LogP contribution >= 0.6 is 0 Å². The molecule has 0 radical (unpaired) electrons. The number of para-hydroxylation sites is 2. The Kier molecular flexibility index (Phi) is 9.72. The van der Waals surface area contributed by atoms with E-state index >= 15 is 0 Å². The van der Waals surface area contributed by atoms with Crippen LogP contribution in [0.2, 0.25) is 0 Å². The molecule has 0 aliphatic carbocycles. The van der Waals surface area contributed by atoms with Crippen molar-refractivity contribution in [2.45, 2.75) is 76.9 Å². The largest absolute Gasteiger partial charge is 0.454 e. The van der Waals surface area contributed by atoms with Crippen LogP contribution in [0, 0.1) is 0 Å². The molecule has 178 valence electrons. The smallest absolute Gasteiger partial charge is 0.419 e. The van der Waals surface area contributed by atoms with Crippen LogP contribution in [0.15, 0.2) is 48.5 Å². The molecule has 0 saturated carbocycles. The number of ether oxygens (including phenoxy) is 2. The highest BCUT2D eigenvalue weighted by Gasteiger charge is 2.36. The number of unbranched alkanes of at least 4 members (excludes halogenated alkanes) is 6. The van der Waals surface area contributed by atoms with Crippen LogP contribution in [0.1, 0.15) is 69.4 Å². The van der Waals surface area contributed by atoms with Crippen molar-refractivity contribution in [3.63, 3.8) is 0 Å². The Morgan fingerprint density at radius 1 is 0.625 bits per heavy atom. The molecule has 2 rings (SSSR count). The average molecular weight is 462 g/mol. The van der Waals surface area contributed by atoms with E-state index < -0.39 is 41.3 Å². The number of alkyl halides is 6. The molecule has 0 amide bonds. The first kappa shape index (κ1) is 25.9. The highest BCUT2D eigenvalue weighted by molar-refractivity contribution is 5.37. The summed E-state index contributed by atoms with van der Waals surface area (Å²) in [6, 6.07) is 9.20. The normalized spacial score (nSPS) is 12.2. The molecule has 2 aromatic rings. The topological polar surface area (TPSA) is 18.5 Å². The summed E-state index contributed by atoms with van der Waals surface area (Å²) in [5.74, 6) is -0.949. The van der Waals surface area contributed by atoms with Crippen molar-refractivity contribution < 1.29 is 35.8 Å². The molecule has 32 heavy (non-hydrogen) atoms. The minimum absolute atomic E-state index is 0.159. The van der Waals surface area contributed by atoms with Gasteiger partial charge in [-0.15, -0.1) is 0 Å². The van der Waals surface area contributed by atoms with E-state index in [1.165, 1.54) is 24.3 Å². The van der Waals surface area contributed by atoms with Gasteiger partial charge in [0.2, 0.25) is 6.29 Å². The van der Waals surface area contributed by atoms with Gasteiger partial charge in [0.1, 0.15) is 11.5 Å². The number of halogens is 6. The summed E-state index contributed by atoms with van der Waals surface area (Å²) in [7, 11) is 0. The molecule has 0 saturated heterocycles. The molecule has 0 bridgehead atoms. The third-order valence-electron chi connectivity index (χ3n) is 4.95. The van der Waals surface area contributed by atoms with Gasteiger partial charge in [-0.1, -0.05) is 69.7 Å². The first-order valence-electron chi connectivity index (χ1n) is 10.8. The Morgan fingerprint density at radius 3 is 1.47 bits per heavy atom. The number of rotatable bonds is 12. The maximum Gasteiger partial charge on any atom is 0.419 e. The molecule has 0 fully saturated rings. The van der Waals surface area contributed by atoms with Gasteiger partial charge in [-0.05, 0) is 30.7 Å². The number of benzene rings is 2. The first-order chi connectivity index (χ1) is 15.1. The zero-order valence-electron chi connectivity index (χ0n) is 17.9. The van der Waals surface area contributed by atoms with Crippen LogP contribution < -0.4 is 9.47 Å². The van der Waals surface area contributed by atoms with Crippen molar-refractivity contribution >= 4 is 0 Å². The molecule has 2 aromatic carbocycles. The monoisotopic (exact) mass is 462 g/mol. The third kappa shape index (κ3) is 8.28. The van der Waals surface area contributed by atoms with E-state index in [0.29, 0.717) is 6.42 Å². The molecule has 0 aliphatic heterocycles. The Labute approximate surface area is 184 Å². The van der Waals surface area contributed by atoms with Gasteiger partial charge in [0.15, 0.2) is 0 Å². The maximum absolute atomic E-state index is 13.3. The molecule has 0 aromatic heterocycles. The summed E-state index contributed by atoms with van der Waals surface area (Å²) >= 11 is 0. The molecule has 2 nitrogen and oxygen atoms in total. The standard InChI is InChI=1S/C24H28F6O2/c1-2-3-4-5-6-7-8-17-22(31-20-15-11-9-13-18(20)23(25,26)27)32-21-16-12-10-14-19(21)24(28,29)30/h9-16,22H,2-8,17H2,1H3. The van der Waals surface area contributed by atoms with E-state index in [2.05, 4.69) is 6.92 Å². The van der Waals surface area contributed by atoms with Crippen molar-refractivity contribution in [1.82, 2.24) is 0 Å². The van der Waals surface area contributed by atoms with Gasteiger partial charge < -0.3 is 9.47 Å². The fraction of sp³-hybridized carbons (Fsp3) is 0.500. The van der Waals surface area contributed by atoms with Crippen LogP contribution in [0.3, 0.4) is 0 Å². The summed E-state index contributed by atoms with van der Waals surface area (Å²) < 4.78 is 90.9. The van der Waals surface area contributed by atoms with Gasteiger partial charge in [0.05, 0.1) is 11.1 Å². The highest BCUT2D eigenvalue weighted by atomic mass is 19.4. The predicted molar refractivity (Wildman–Crippen MR) is 111 cm³/mol. The van der Waals surface area contributed by atoms with E-state index in [9.17, 15) is 26.3 Å². The molecule has 8 heteroatoms. The molecule has 0 heterocycles. The summed E-state index contributed by atoms with van der Waals surface area (Å²) in [5, 5.41) is 0. The van der Waals surface area contributed by atoms with Crippen LogP contribution in [-0.2, 0) is 12.4 Å². The lowest BCUT2D eigenvalue weighted by atomic mass is 10.1. The van der Waals surface area contributed by atoms with Crippen LogP contribution in [-0.4, -0.2) is 6.29 Å². The molecule has 0 atom stereocenters. The maximum atomic E-state index is 13.3. The minimum atomic E-state index is -4.66. The second kappa shape index (κ2) is 12.0. The third-order valence-corrected chi connectivity index (χ3v) is 4.95. The average Bonchev–Trinajstić information content (AvgIpc) is 2.72. The summed E-state index contributed by atoms with van der Waals surface area (Å²) in [6.07, 6.45) is -3.80. The van der Waals surface area contributed by atoms with E-state index in [-0.39, 0.29) is 6.42 Å². The molecular formula is C24H28F6O2. The minimum Gasteiger partial charge on any atom is -0.454 e. The van der Waals surface area contributed by atoms with Crippen LogP contribution in [0.5, 0.6) is 11.5 Å². The van der Waals surface area contributed by atoms with Gasteiger partial charge in [-0.25, -0.2) is 0 Å². The van der Waals surface area contributed by atoms with Crippen molar-refractivity contribution in [2.75, 3.05) is 0 Å². The number of hydrogen-bond acceptors (Lipinski definition) is 2. The second-order valence-electron chi connectivity index (χ2n) is 7.56. The predicted octanol–water partition coefficient (Wildman–Crippen LogP) is 8.65. The van der Waals surface area contributed by atoms with Crippen LogP contribution in [0.4, 0.5) is 26.3 Å². The lowest BCUT2D eigenvalue weighted by molar-refractivity contribution is -0.142. The number of hydrogen-bond donors (Lipinski definition) is 0. The zero-order valence-corrected chi connectivity index (χ0v) is 17.9. The highest BCUT2D eigenvalue weighted by Crippen LogP contribution is 2.39. The van der Waals surface area contributed by atoms with Gasteiger partial charge in [-0.3, -0.25) is 0 Å². The quantitative estimate of drug-likeness (QED) is 0.179. The molecule has 0 aliphatic rings. The van der Waals surface area contributed by atoms with Crippen molar-refractivity contribution in [3.8, 4) is 11.5 Å². The Bertz CT molecular complexity index is 757.